The summed E-state index contributed by atoms with van der Waals surface area (Å²) in [5.41, 5.74) is 2.46. The maximum Gasteiger partial charge on any atom is 0.225 e. The van der Waals surface area contributed by atoms with Crippen LogP contribution in [-0.2, 0) is 4.79 Å². The fourth-order valence-corrected chi connectivity index (χ4v) is 4.67. The number of benzene rings is 1. The number of nitrogens with zero attached hydrogens (tertiary/aromatic N) is 4. The van der Waals surface area contributed by atoms with Crippen LogP contribution in [0.5, 0.6) is 0 Å². The van der Waals surface area contributed by atoms with E-state index in [0.717, 1.165) is 52.7 Å². The molecule has 2 atom stereocenters. The van der Waals surface area contributed by atoms with Gasteiger partial charge in [-0.05, 0) is 57.4 Å². The Kier molecular flexibility index (Phi) is 5.54. The van der Waals surface area contributed by atoms with E-state index in [9.17, 15) is 9.18 Å². The summed E-state index contributed by atoms with van der Waals surface area (Å²) in [5.74, 6) is -0.152. The molecule has 0 radical (unpaired) electrons. The molecule has 0 aliphatic carbocycles. The number of thiazole rings is 1. The Balaban J connectivity index is 1.59. The highest BCUT2D eigenvalue weighted by molar-refractivity contribution is 7.22. The van der Waals surface area contributed by atoms with Gasteiger partial charge in [-0.3, -0.25) is 4.79 Å². The molecule has 4 rings (SSSR count). The number of aromatic nitrogens is 3. The first kappa shape index (κ1) is 19.8. The van der Waals surface area contributed by atoms with Crippen molar-refractivity contribution >= 4 is 32.7 Å². The maximum atomic E-state index is 13.3. The van der Waals surface area contributed by atoms with Gasteiger partial charge < -0.3 is 10.2 Å². The van der Waals surface area contributed by atoms with E-state index < -0.39 is 0 Å². The fraction of sp³-hybridized carbons (Fsp3) is 0.476. The number of fused-ring (bicyclic) bond motifs is 1. The van der Waals surface area contributed by atoms with Gasteiger partial charge in [0.05, 0.1) is 22.0 Å². The molecule has 6 nitrogen and oxygen atoms in total. The number of hydrogen-bond acceptors (Lipinski definition) is 5. The predicted octanol–water partition coefficient (Wildman–Crippen LogP) is 4.06. The SMILES string of the molecule is CC[C@H](C)NC(=O)[C@@H]1CCCN(c2nc3c(s2)c(C)nn3-c2ccc(F)cc2)C1. The van der Waals surface area contributed by atoms with E-state index in [4.69, 9.17) is 4.98 Å². The van der Waals surface area contributed by atoms with Crippen LogP contribution in [-0.4, -0.2) is 39.8 Å². The largest absolute Gasteiger partial charge is 0.353 e. The highest BCUT2D eigenvalue weighted by atomic mass is 32.1. The number of aryl methyl sites for hydroxylation is 1. The molecule has 0 saturated carbocycles. The lowest BCUT2D eigenvalue weighted by atomic mass is 9.97. The number of piperidine rings is 1. The monoisotopic (exact) mass is 415 g/mol. The molecular formula is C21H26FN5OS. The number of rotatable bonds is 5. The summed E-state index contributed by atoms with van der Waals surface area (Å²) in [6.45, 7) is 7.65. The van der Waals surface area contributed by atoms with E-state index >= 15 is 0 Å². The number of carbonyl (C=O) groups is 1. The number of nitrogens with one attached hydrogen (secondary N) is 1. The molecule has 154 valence electrons. The molecule has 1 amide bonds. The Morgan fingerprint density at radius 1 is 1.38 bits per heavy atom. The van der Waals surface area contributed by atoms with E-state index in [0.29, 0.717) is 6.54 Å². The van der Waals surface area contributed by atoms with Gasteiger partial charge in [0, 0.05) is 19.1 Å². The van der Waals surface area contributed by atoms with Crippen molar-refractivity contribution < 1.29 is 9.18 Å². The zero-order chi connectivity index (χ0) is 20.5. The van der Waals surface area contributed by atoms with Crippen molar-refractivity contribution in [3.05, 3.63) is 35.8 Å². The molecule has 1 fully saturated rings. The summed E-state index contributed by atoms with van der Waals surface area (Å²) in [7, 11) is 0. The van der Waals surface area contributed by atoms with E-state index in [1.807, 2.05) is 13.8 Å². The molecule has 3 aromatic rings. The van der Waals surface area contributed by atoms with Gasteiger partial charge in [-0.15, -0.1) is 0 Å². The number of carbonyl (C=O) groups excluding carboxylic acids is 1. The average Bonchev–Trinajstić information content (AvgIpc) is 3.29. The lowest BCUT2D eigenvalue weighted by Gasteiger charge is -2.32. The third kappa shape index (κ3) is 3.99. The number of anilines is 1. The summed E-state index contributed by atoms with van der Waals surface area (Å²) >= 11 is 1.61. The topological polar surface area (TPSA) is 63.1 Å². The quantitative estimate of drug-likeness (QED) is 0.683. The van der Waals surface area contributed by atoms with E-state index in [-0.39, 0.29) is 23.7 Å². The van der Waals surface area contributed by atoms with Crippen molar-refractivity contribution in [1.82, 2.24) is 20.1 Å². The van der Waals surface area contributed by atoms with Crippen LogP contribution < -0.4 is 10.2 Å². The van der Waals surface area contributed by atoms with Gasteiger partial charge in [-0.25, -0.2) is 9.07 Å². The number of hydrogen-bond donors (Lipinski definition) is 1. The van der Waals surface area contributed by atoms with Crippen molar-refractivity contribution in [3.63, 3.8) is 0 Å². The minimum atomic E-state index is -0.275. The van der Waals surface area contributed by atoms with Crippen molar-refractivity contribution in [3.8, 4) is 5.69 Å². The lowest BCUT2D eigenvalue weighted by molar-refractivity contribution is -0.125. The second kappa shape index (κ2) is 8.10. The van der Waals surface area contributed by atoms with Crippen LogP contribution in [0.15, 0.2) is 24.3 Å². The summed E-state index contributed by atoms with van der Waals surface area (Å²) in [5, 5.41) is 8.60. The minimum absolute atomic E-state index is 0.0144. The predicted molar refractivity (Wildman–Crippen MR) is 114 cm³/mol. The second-order valence-corrected chi connectivity index (χ2v) is 8.70. The molecule has 1 aliphatic rings. The second-order valence-electron chi connectivity index (χ2n) is 7.73. The first-order valence-electron chi connectivity index (χ1n) is 10.1. The summed E-state index contributed by atoms with van der Waals surface area (Å²) in [4.78, 5) is 19.6. The maximum absolute atomic E-state index is 13.3. The fourth-order valence-electron chi connectivity index (χ4n) is 3.65. The molecule has 1 N–H and O–H groups in total. The molecule has 3 heterocycles. The molecule has 0 bridgehead atoms. The van der Waals surface area contributed by atoms with Crippen molar-refractivity contribution in [2.75, 3.05) is 18.0 Å². The Morgan fingerprint density at radius 2 is 2.14 bits per heavy atom. The van der Waals surface area contributed by atoms with Gasteiger partial charge in [0.1, 0.15) is 5.82 Å². The zero-order valence-corrected chi connectivity index (χ0v) is 17.8. The smallest absolute Gasteiger partial charge is 0.225 e. The highest BCUT2D eigenvalue weighted by Gasteiger charge is 2.28. The van der Waals surface area contributed by atoms with E-state index in [2.05, 4.69) is 22.2 Å². The normalized spacial score (nSPS) is 18.2. The van der Waals surface area contributed by atoms with Gasteiger partial charge >= 0.3 is 0 Å². The number of halogens is 1. The molecule has 2 aromatic heterocycles. The zero-order valence-electron chi connectivity index (χ0n) is 17.0. The van der Waals surface area contributed by atoms with Crippen molar-refractivity contribution in [2.24, 2.45) is 5.92 Å². The summed E-state index contributed by atoms with van der Waals surface area (Å²) in [6, 6.07) is 6.46. The number of amides is 1. The van der Waals surface area contributed by atoms with Crippen molar-refractivity contribution in [2.45, 2.75) is 46.1 Å². The Labute approximate surface area is 173 Å². The molecular weight excluding hydrogens is 389 g/mol. The third-order valence-corrected chi connectivity index (χ3v) is 6.73. The van der Waals surface area contributed by atoms with Crippen LogP contribution in [0.25, 0.3) is 16.0 Å². The lowest BCUT2D eigenvalue weighted by Crippen LogP contribution is -2.45. The van der Waals surface area contributed by atoms with Crippen LogP contribution in [0.4, 0.5) is 9.52 Å². The molecule has 8 heteroatoms. The Hall–Kier alpha value is -2.48. The molecule has 0 spiro atoms. The molecule has 1 saturated heterocycles. The minimum Gasteiger partial charge on any atom is -0.353 e. The van der Waals surface area contributed by atoms with Crippen LogP contribution in [0.2, 0.25) is 0 Å². The van der Waals surface area contributed by atoms with Gasteiger partial charge in [0.25, 0.3) is 0 Å². The van der Waals surface area contributed by atoms with Gasteiger partial charge in [0.15, 0.2) is 10.8 Å². The highest BCUT2D eigenvalue weighted by Crippen LogP contribution is 2.34. The van der Waals surface area contributed by atoms with Crippen LogP contribution in [0.1, 0.15) is 38.8 Å². The van der Waals surface area contributed by atoms with Crippen molar-refractivity contribution in [1.29, 1.82) is 0 Å². The molecule has 1 aliphatic heterocycles. The first-order chi connectivity index (χ1) is 14.0. The van der Waals surface area contributed by atoms with Gasteiger partial charge in [-0.2, -0.15) is 10.1 Å². The first-order valence-corrected chi connectivity index (χ1v) is 10.9. The summed E-state index contributed by atoms with van der Waals surface area (Å²) in [6.07, 6.45) is 2.81. The van der Waals surface area contributed by atoms with E-state index in [1.165, 1.54) is 12.1 Å². The molecule has 1 aromatic carbocycles. The standard InChI is InChI=1S/C21H26FN5OS/c1-4-13(2)23-20(28)15-6-5-11-26(12-15)21-24-19-18(29-21)14(3)25-27(19)17-9-7-16(22)8-10-17/h7-10,13,15H,4-6,11-12H2,1-3H3,(H,23,28)/t13-,15+/m0/s1. The average molecular weight is 416 g/mol. The van der Waals surface area contributed by atoms with E-state index in [1.54, 1.807) is 28.2 Å². The van der Waals surface area contributed by atoms with Crippen LogP contribution >= 0.6 is 11.3 Å². The van der Waals surface area contributed by atoms with Crippen LogP contribution in [0, 0.1) is 18.7 Å². The van der Waals surface area contributed by atoms with Gasteiger partial charge in [0.2, 0.25) is 5.91 Å². The molecule has 0 unspecified atom stereocenters. The third-order valence-electron chi connectivity index (χ3n) is 5.51. The van der Waals surface area contributed by atoms with Gasteiger partial charge in [-0.1, -0.05) is 18.3 Å². The van der Waals surface area contributed by atoms with Crippen LogP contribution in [0.3, 0.4) is 0 Å². The Bertz CT molecular complexity index is 1010. The summed E-state index contributed by atoms with van der Waals surface area (Å²) < 4.78 is 16.1. The molecule has 29 heavy (non-hydrogen) atoms. The Morgan fingerprint density at radius 3 is 2.86 bits per heavy atom.